The number of likely N-dealkylation sites (tertiary alicyclic amines) is 1. The molecular formula is C12H23N3O. The number of carbonyl (C=O) groups excluding carboxylic acids is 1. The minimum atomic E-state index is 0.109. The van der Waals surface area contributed by atoms with Crippen LogP contribution in [-0.4, -0.2) is 49.6 Å². The molecule has 3 atom stereocenters. The molecule has 0 aromatic carbocycles. The van der Waals surface area contributed by atoms with Gasteiger partial charge in [0.15, 0.2) is 0 Å². The maximum Gasteiger partial charge on any atom is 0.237 e. The quantitative estimate of drug-likeness (QED) is 0.705. The van der Waals surface area contributed by atoms with Crippen LogP contribution in [0.15, 0.2) is 0 Å². The van der Waals surface area contributed by atoms with Crippen molar-refractivity contribution in [2.24, 2.45) is 5.92 Å². The average molecular weight is 225 g/mol. The Bertz CT molecular complexity index is 257. The van der Waals surface area contributed by atoms with Crippen LogP contribution in [0.5, 0.6) is 0 Å². The van der Waals surface area contributed by atoms with E-state index in [1.165, 1.54) is 6.42 Å². The van der Waals surface area contributed by atoms with E-state index < -0.39 is 0 Å². The topological polar surface area (TPSA) is 44.4 Å². The van der Waals surface area contributed by atoms with Gasteiger partial charge in [-0.15, -0.1) is 0 Å². The molecule has 0 bridgehead atoms. The Labute approximate surface area is 97.8 Å². The molecule has 0 aliphatic carbocycles. The fraction of sp³-hybridized carbons (Fsp3) is 0.917. The minimum Gasteiger partial charge on any atom is -0.358 e. The van der Waals surface area contributed by atoms with Crippen LogP contribution in [-0.2, 0) is 4.79 Å². The molecular weight excluding hydrogens is 202 g/mol. The molecule has 2 fully saturated rings. The first-order valence-electron chi connectivity index (χ1n) is 6.42. The van der Waals surface area contributed by atoms with Gasteiger partial charge in [-0.25, -0.2) is 0 Å². The fourth-order valence-corrected chi connectivity index (χ4v) is 3.05. The molecule has 1 amide bonds. The van der Waals surface area contributed by atoms with Crippen LogP contribution in [0.1, 0.15) is 26.2 Å². The number of nitrogens with zero attached hydrogens (tertiary/aromatic N) is 1. The van der Waals surface area contributed by atoms with Crippen molar-refractivity contribution in [3.05, 3.63) is 0 Å². The van der Waals surface area contributed by atoms with E-state index in [0.29, 0.717) is 12.0 Å². The summed E-state index contributed by atoms with van der Waals surface area (Å²) in [5, 5.41) is 6.24. The van der Waals surface area contributed by atoms with Gasteiger partial charge in [0.1, 0.15) is 0 Å². The van der Waals surface area contributed by atoms with Gasteiger partial charge < -0.3 is 10.6 Å². The molecule has 2 saturated heterocycles. The molecule has 4 nitrogen and oxygen atoms in total. The summed E-state index contributed by atoms with van der Waals surface area (Å²) >= 11 is 0. The van der Waals surface area contributed by atoms with Gasteiger partial charge in [0.2, 0.25) is 5.91 Å². The molecule has 0 aromatic heterocycles. The summed E-state index contributed by atoms with van der Waals surface area (Å²) in [5.41, 5.74) is 0. The molecule has 16 heavy (non-hydrogen) atoms. The second-order valence-corrected chi connectivity index (χ2v) is 5.05. The zero-order valence-corrected chi connectivity index (χ0v) is 10.3. The smallest absolute Gasteiger partial charge is 0.237 e. The van der Waals surface area contributed by atoms with E-state index in [9.17, 15) is 4.79 Å². The molecule has 3 unspecified atom stereocenters. The highest BCUT2D eigenvalue weighted by Gasteiger charge is 2.37. The van der Waals surface area contributed by atoms with E-state index in [2.05, 4.69) is 22.5 Å². The molecule has 0 saturated carbocycles. The predicted octanol–water partition coefficient (Wildman–Crippen LogP) is 0.195. The second-order valence-electron chi connectivity index (χ2n) is 5.05. The third-order valence-corrected chi connectivity index (χ3v) is 4.06. The van der Waals surface area contributed by atoms with Gasteiger partial charge in [0.25, 0.3) is 0 Å². The predicted molar refractivity (Wildman–Crippen MR) is 64.2 cm³/mol. The van der Waals surface area contributed by atoms with E-state index in [0.717, 1.165) is 32.5 Å². The van der Waals surface area contributed by atoms with Crippen molar-refractivity contribution >= 4 is 5.91 Å². The number of hydrogen-bond acceptors (Lipinski definition) is 3. The standard InChI is InChI=1S/C12H23N3O/c1-9-5-6-14-8-11(9)15-7-3-4-10(15)12(16)13-2/h9-11,14H,3-8H2,1-2H3,(H,13,16). The van der Waals surface area contributed by atoms with Crippen LogP contribution in [0, 0.1) is 5.92 Å². The number of likely N-dealkylation sites (N-methyl/N-ethyl adjacent to an activating group) is 1. The van der Waals surface area contributed by atoms with Crippen LogP contribution in [0.25, 0.3) is 0 Å². The van der Waals surface area contributed by atoms with Crippen molar-refractivity contribution in [3.8, 4) is 0 Å². The minimum absolute atomic E-state index is 0.109. The van der Waals surface area contributed by atoms with E-state index in [4.69, 9.17) is 0 Å². The number of hydrogen-bond donors (Lipinski definition) is 2. The van der Waals surface area contributed by atoms with Gasteiger partial charge in [0, 0.05) is 19.6 Å². The third-order valence-electron chi connectivity index (χ3n) is 4.06. The van der Waals surface area contributed by atoms with Gasteiger partial charge in [-0.2, -0.15) is 0 Å². The normalized spacial score (nSPS) is 36.2. The molecule has 4 heteroatoms. The number of carbonyl (C=O) groups is 1. The molecule has 2 heterocycles. The monoisotopic (exact) mass is 225 g/mol. The lowest BCUT2D eigenvalue weighted by molar-refractivity contribution is -0.126. The van der Waals surface area contributed by atoms with E-state index in [1.54, 1.807) is 7.05 Å². The molecule has 2 rings (SSSR count). The van der Waals surface area contributed by atoms with Crippen molar-refractivity contribution in [1.29, 1.82) is 0 Å². The summed E-state index contributed by atoms with van der Waals surface area (Å²) in [6.45, 7) is 5.55. The maximum atomic E-state index is 11.8. The third kappa shape index (κ3) is 2.23. The second kappa shape index (κ2) is 5.15. The first-order valence-corrected chi connectivity index (χ1v) is 6.42. The Balaban J connectivity index is 2.03. The fourth-order valence-electron chi connectivity index (χ4n) is 3.05. The number of nitrogens with one attached hydrogen (secondary N) is 2. The Morgan fingerprint density at radius 3 is 2.94 bits per heavy atom. The zero-order valence-electron chi connectivity index (χ0n) is 10.3. The summed E-state index contributed by atoms with van der Waals surface area (Å²) in [7, 11) is 1.74. The van der Waals surface area contributed by atoms with E-state index >= 15 is 0 Å². The van der Waals surface area contributed by atoms with Crippen LogP contribution in [0.3, 0.4) is 0 Å². The Morgan fingerprint density at radius 1 is 1.44 bits per heavy atom. The first kappa shape index (κ1) is 11.9. The highest BCUT2D eigenvalue weighted by molar-refractivity contribution is 5.81. The molecule has 0 radical (unpaired) electrons. The lowest BCUT2D eigenvalue weighted by atomic mass is 9.93. The summed E-state index contributed by atoms with van der Waals surface area (Å²) < 4.78 is 0. The first-order chi connectivity index (χ1) is 7.74. The maximum absolute atomic E-state index is 11.8. The summed E-state index contributed by atoms with van der Waals surface area (Å²) in [6, 6.07) is 0.649. The van der Waals surface area contributed by atoms with Gasteiger partial charge >= 0.3 is 0 Å². The van der Waals surface area contributed by atoms with Gasteiger partial charge in [-0.05, 0) is 38.3 Å². The summed E-state index contributed by atoms with van der Waals surface area (Å²) in [5.74, 6) is 0.891. The molecule has 2 aliphatic rings. The van der Waals surface area contributed by atoms with E-state index in [1.807, 2.05) is 0 Å². The lowest BCUT2D eigenvalue weighted by Gasteiger charge is -2.39. The van der Waals surface area contributed by atoms with Crippen molar-refractivity contribution < 1.29 is 4.79 Å². The van der Waals surface area contributed by atoms with Crippen molar-refractivity contribution in [2.45, 2.75) is 38.3 Å². The Hall–Kier alpha value is -0.610. The van der Waals surface area contributed by atoms with Crippen LogP contribution >= 0.6 is 0 Å². The molecule has 92 valence electrons. The average Bonchev–Trinajstić information content (AvgIpc) is 2.77. The van der Waals surface area contributed by atoms with Crippen LogP contribution in [0.4, 0.5) is 0 Å². The lowest BCUT2D eigenvalue weighted by Crippen LogP contribution is -2.55. The number of piperidine rings is 1. The Kier molecular flexibility index (Phi) is 3.82. The van der Waals surface area contributed by atoms with Gasteiger partial charge in [0.05, 0.1) is 6.04 Å². The van der Waals surface area contributed by atoms with Crippen molar-refractivity contribution in [1.82, 2.24) is 15.5 Å². The summed E-state index contributed by atoms with van der Waals surface area (Å²) in [4.78, 5) is 14.2. The Morgan fingerprint density at radius 2 is 2.25 bits per heavy atom. The highest BCUT2D eigenvalue weighted by atomic mass is 16.2. The largest absolute Gasteiger partial charge is 0.358 e. The number of amides is 1. The molecule has 0 aromatic rings. The molecule has 0 spiro atoms. The SMILES string of the molecule is CNC(=O)C1CCCN1C1CNCCC1C. The molecule has 2 N–H and O–H groups in total. The van der Waals surface area contributed by atoms with Crippen molar-refractivity contribution in [3.63, 3.8) is 0 Å². The highest BCUT2D eigenvalue weighted by Crippen LogP contribution is 2.26. The van der Waals surface area contributed by atoms with Gasteiger partial charge in [-0.3, -0.25) is 9.69 Å². The summed E-state index contributed by atoms with van der Waals surface area (Å²) in [6.07, 6.45) is 3.39. The van der Waals surface area contributed by atoms with Crippen molar-refractivity contribution in [2.75, 3.05) is 26.7 Å². The van der Waals surface area contributed by atoms with E-state index in [-0.39, 0.29) is 11.9 Å². The van der Waals surface area contributed by atoms with Crippen LogP contribution in [0.2, 0.25) is 0 Å². The zero-order chi connectivity index (χ0) is 11.5. The van der Waals surface area contributed by atoms with Crippen LogP contribution < -0.4 is 10.6 Å². The van der Waals surface area contributed by atoms with Gasteiger partial charge in [-0.1, -0.05) is 6.92 Å². The molecule has 2 aliphatic heterocycles. The number of rotatable bonds is 2.